The van der Waals surface area contributed by atoms with Crippen LogP contribution in [0.2, 0.25) is 0 Å². The van der Waals surface area contributed by atoms with E-state index < -0.39 is 0 Å². The topological polar surface area (TPSA) is 60.5 Å². The Morgan fingerprint density at radius 3 is 2.96 bits per heavy atom. The van der Waals surface area contributed by atoms with Crippen molar-refractivity contribution in [3.8, 4) is 5.75 Å². The maximum Gasteiger partial charge on any atom is 0.340 e. The molecule has 0 radical (unpaired) electrons. The zero-order valence-electron chi connectivity index (χ0n) is 13.1. The summed E-state index contributed by atoms with van der Waals surface area (Å²) in [5.41, 5.74) is 2.50. The number of rotatable bonds is 2. The molecule has 6 heteroatoms. The molecule has 0 saturated carbocycles. The van der Waals surface area contributed by atoms with E-state index in [-0.39, 0.29) is 5.97 Å². The van der Waals surface area contributed by atoms with Gasteiger partial charge in [0.2, 0.25) is 0 Å². The van der Waals surface area contributed by atoms with E-state index in [1.54, 1.807) is 25.5 Å². The van der Waals surface area contributed by atoms with Gasteiger partial charge in [-0.3, -0.25) is 4.98 Å². The largest absolute Gasteiger partial charge is 0.493 e. The van der Waals surface area contributed by atoms with Crippen LogP contribution in [0.4, 0.5) is 5.69 Å². The van der Waals surface area contributed by atoms with Gasteiger partial charge in [-0.25, -0.2) is 4.79 Å². The predicted octanol–water partition coefficient (Wildman–Crippen LogP) is 3.68. The van der Waals surface area contributed by atoms with Gasteiger partial charge in [0.1, 0.15) is 5.75 Å². The molecule has 0 bridgehead atoms. The van der Waals surface area contributed by atoms with Crippen molar-refractivity contribution in [2.45, 2.75) is 12.8 Å². The van der Waals surface area contributed by atoms with E-state index in [2.05, 4.69) is 43.1 Å². The molecule has 1 N–H and O–H groups in total. The lowest BCUT2D eigenvalue weighted by Gasteiger charge is -2.16. The summed E-state index contributed by atoms with van der Waals surface area (Å²) in [6.45, 7) is 0.865. The van der Waals surface area contributed by atoms with Crippen molar-refractivity contribution in [2.24, 2.45) is 0 Å². The molecule has 122 valence electrons. The van der Waals surface area contributed by atoms with Gasteiger partial charge in [-0.2, -0.15) is 0 Å². The van der Waals surface area contributed by atoms with Gasteiger partial charge >= 0.3 is 5.97 Å². The number of nitrogens with one attached hydrogen (secondary N) is 1. The number of carbonyl (C=O) groups is 1. The first-order valence-corrected chi connectivity index (χ1v) is 8.06. The smallest absolute Gasteiger partial charge is 0.340 e. The van der Waals surface area contributed by atoms with E-state index in [1.807, 2.05) is 6.07 Å². The van der Waals surface area contributed by atoms with E-state index in [0.29, 0.717) is 11.3 Å². The number of benzene rings is 1. The average molecular weight is 379 g/mol. The predicted molar refractivity (Wildman–Crippen MR) is 93.1 cm³/mol. The lowest BCUT2D eigenvalue weighted by molar-refractivity contribution is 0.0601. The molecule has 2 aromatic rings. The molecule has 0 amide bonds. The van der Waals surface area contributed by atoms with E-state index in [4.69, 9.17) is 4.74 Å². The molecule has 0 unspecified atom stereocenters. The molecule has 1 aliphatic rings. The Labute approximate surface area is 144 Å². The highest BCUT2D eigenvalue weighted by atomic mass is 79.9. The number of carbonyl (C=O) groups excluding carboxylic acids is 1. The summed E-state index contributed by atoms with van der Waals surface area (Å²) >= 11 is 3.41. The number of halogens is 1. The molecule has 3 rings (SSSR count). The molecular weight excluding hydrogens is 360 g/mol. The standard InChI is InChI=1S/C9H9BrO.C8H10N2O2/c10-8-4-3-7-2-1-5-11-9(7)6-8;1-9-7-5-10-4-3-6(7)8(11)12-2/h3-4,6H,1-2,5H2;3-5,9H,1-2H3. The molecule has 23 heavy (non-hydrogen) atoms. The van der Waals surface area contributed by atoms with Crippen molar-refractivity contribution in [2.75, 3.05) is 26.1 Å². The second-order valence-electron chi connectivity index (χ2n) is 4.87. The number of anilines is 1. The van der Waals surface area contributed by atoms with E-state index in [9.17, 15) is 4.79 Å². The van der Waals surface area contributed by atoms with Crippen LogP contribution in [0.3, 0.4) is 0 Å². The molecule has 0 fully saturated rings. The molecule has 0 saturated heterocycles. The number of hydrogen-bond donors (Lipinski definition) is 1. The molecule has 1 aromatic heterocycles. The minimum atomic E-state index is -0.359. The Hall–Kier alpha value is -2.08. The van der Waals surface area contributed by atoms with Crippen LogP contribution in [0.5, 0.6) is 5.75 Å². The van der Waals surface area contributed by atoms with Gasteiger partial charge in [-0.05, 0) is 36.6 Å². The Balaban J connectivity index is 0.000000167. The molecule has 1 aromatic carbocycles. The normalized spacial score (nSPS) is 12.1. The van der Waals surface area contributed by atoms with Gasteiger partial charge < -0.3 is 14.8 Å². The summed E-state index contributed by atoms with van der Waals surface area (Å²) in [7, 11) is 3.08. The van der Waals surface area contributed by atoms with Crippen molar-refractivity contribution in [3.05, 3.63) is 52.3 Å². The highest BCUT2D eigenvalue weighted by Crippen LogP contribution is 2.27. The number of fused-ring (bicyclic) bond motifs is 1. The Morgan fingerprint density at radius 1 is 1.39 bits per heavy atom. The molecular formula is C17H19BrN2O3. The minimum Gasteiger partial charge on any atom is -0.493 e. The third-order valence-electron chi connectivity index (χ3n) is 3.37. The number of aromatic nitrogens is 1. The molecule has 0 spiro atoms. The Kier molecular flexibility index (Phi) is 6.40. The number of ether oxygens (including phenoxy) is 2. The van der Waals surface area contributed by atoms with Gasteiger partial charge in [0, 0.05) is 17.7 Å². The average Bonchev–Trinajstić information content (AvgIpc) is 2.61. The van der Waals surface area contributed by atoms with Crippen LogP contribution in [-0.4, -0.2) is 31.7 Å². The molecule has 5 nitrogen and oxygen atoms in total. The van der Waals surface area contributed by atoms with Crippen molar-refractivity contribution < 1.29 is 14.3 Å². The summed E-state index contributed by atoms with van der Waals surface area (Å²) in [5.74, 6) is 0.687. The van der Waals surface area contributed by atoms with Gasteiger partial charge in [-0.15, -0.1) is 0 Å². The summed E-state index contributed by atoms with van der Waals surface area (Å²) < 4.78 is 11.1. The molecule has 2 heterocycles. The first kappa shape index (κ1) is 17.3. The fourth-order valence-corrected chi connectivity index (χ4v) is 2.54. The van der Waals surface area contributed by atoms with Crippen LogP contribution < -0.4 is 10.1 Å². The quantitative estimate of drug-likeness (QED) is 0.807. The van der Waals surface area contributed by atoms with Crippen LogP contribution in [0, 0.1) is 0 Å². The monoisotopic (exact) mass is 378 g/mol. The Morgan fingerprint density at radius 2 is 2.22 bits per heavy atom. The summed E-state index contributed by atoms with van der Waals surface area (Å²) in [5, 5.41) is 2.85. The van der Waals surface area contributed by atoms with Crippen LogP contribution in [-0.2, 0) is 11.2 Å². The lowest BCUT2D eigenvalue weighted by Crippen LogP contribution is -2.07. The third kappa shape index (κ3) is 4.69. The van der Waals surface area contributed by atoms with Crippen molar-refractivity contribution >= 4 is 27.6 Å². The van der Waals surface area contributed by atoms with Gasteiger partial charge in [-0.1, -0.05) is 22.0 Å². The fraction of sp³-hybridized carbons (Fsp3) is 0.294. The second kappa shape index (κ2) is 8.53. The molecule has 0 aliphatic carbocycles. The first-order valence-electron chi connectivity index (χ1n) is 7.27. The first-order chi connectivity index (χ1) is 11.2. The summed E-state index contributed by atoms with van der Waals surface area (Å²) in [6, 6.07) is 7.83. The second-order valence-corrected chi connectivity index (χ2v) is 5.78. The Bertz CT molecular complexity index is 677. The highest BCUT2D eigenvalue weighted by Gasteiger charge is 2.09. The molecule has 0 atom stereocenters. The maximum atomic E-state index is 11.1. The van der Waals surface area contributed by atoms with Crippen LogP contribution in [0.15, 0.2) is 41.1 Å². The van der Waals surface area contributed by atoms with Gasteiger partial charge in [0.05, 0.1) is 31.2 Å². The maximum absolute atomic E-state index is 11.1. The number of nitrogens with zero attached hydrogens (tertiary/aromatic N) is 1. The van der Waals surface area contributed by atoms with E-state index in [1.165, 1.54) is 12.7 Å². The van der Waals surface area contributed by atoms with Gasteiger partial charge in [0.15, 0.2) is 0 Å². The number of esters is 1. The molecule has 1 aliphatic heterocycles. The minimum absolute atomic E-state index is 0.359. The zero-order chi connectivity index (χ0) is 16.7. The summed E-state index contributed by atoms with van der Waals surface area (Å²) in [6.07, 6.45) is 5.43. The summed E-state index contributed by atoms with van der Waals surface area (Å²) in [4.78, 5) is 15.0. The van der Waals surface area contributed by atoms with Gasteiger partial charge in [0.25, 0.3) is 0 Å². The number of methoxy groups -OCH3 is 1. The fourth-order valence-electron chi connectivity index (χ4n) is 2.20. The highest BCUT2D eigenvalue weighted by molar-refractivity contribution is 9.10. The number of pyridine rings is 1. The van der Waals surface area contributed by atoms with Crippen LogP contribution in [0.25, 0.3) is 0 Å². The van der Waals surface area contributed by atoms with Crippen molar-refractivity contribution in [1.29, 1.82) is 0 Å². The SMILES string of the molecule is Brc1ccc2c(c1)OCCC2.CNc1cnccc1C(=O)OC. The third-order valence-corrected chi connectivity index (χ3v) is 3.87. The van der Waals surface area contributed by atoms with Crippen molar-refractivity contribution in [3.63, 3.8) is 0 Å². The van der Waals surface area contributed by atoms with Crippen molar-refractivity contribution in [1.82, 2.24) is 4.98 Å². The number of aryl methyl sites for hydroxylation is 1. The number of hydrogen-bond acceptors (Lipinski definition) is 5. The lowest BCUT2D eigenvalue weighted by atomic mass is 10.1. The van der Waals surface area contributed by atoms with E-state index in [0.717, 1.165) is 29.7 Å². The van der Waals surface area contributed by atoms with Crippen LogP contribution >= 0.6 is 15.9 Å². The zero-order valence-corrected chi connectivity index (χ0v) is 14.7. The van der Waals surface area contributed by atoms with Crippen LogP contribution in [0.1, 0.15) is 22.3 Å². The van der Waals surface area contributed by atoms with E-state index >= 15 is 0 Å².